The zero-order valence-electron chi connectivity index (χ0n) is 6.67. The predicted molar refractivity (Wildman–Crippen MR) is 45.8 cm³/mol. The van der Waals surface area contributed by atoms with Crippen molar-refractivity contribution in [1.82, 2.24) is 0 Å². The van der Waals surface area contributed by atoms with Crippen molar-refractivity contribution in [2.75, 3.05) is 25.6 Å². The fraction of sp³-hybridized carbons (Fsp3) is 1.00. The number of ether oxygens (including phenoxy) is 2. The van der Waals surface area contributed by atoms with E-state index in [1.54, 1.807) is 0 Å². The summed E-state index contributed by atoms with van der Waals surface area (Å²) < 4.78 is 10.5. The van der Waals surface area contributed by atoms with Gasteiger partial charge in [0.05, 0.1) is 12.7 Å². The molecule has 1 unspecified atom stereocenters. The van der Waals surface area contributed by atoms with Gasteiger partial charge in [-0.25, -0.2) is 0 Å². The maximum Gasteiger partial charge on any atom is 0.0895 e. The molecule has 0 N–H and O–H groups in total. The van der Waals surface area contributed by atoms with E-state index in [9.17, 15) is 0 Å². The van der Waals surface area contributed by atoms with Gasteiger partial charge >= 0.3 is 0 Å². The molecule has 0 saturated carbocycles. The summed E-state index contributed by atoms with van der Waals surface area (Å²) in [6.07, 6.45) is 0.160. The van der Waals surface area contributed by atoms with E-state index < -0.39 is 0 Å². The highest BCUT2D eigenvalue weighted by Crippen LogP contribution is 1.95. The maximum atomic E-state index is 5.29. The Balaban J connectivity index is 3.21. The second kappa shape index (κ2) is 7.38. The van der Waals surface area contributed by atoms with Crippen LogP contribution in [0.25, 0.3) is 0 Å². The zero-order chi connectivity index (χ0) is 7.82. The molecule has 0 fully saturated rings. The van der Waals surface area contributed by atoms with Crippen LogP contribution in [-0.4, -0.2) is 31.7 Å². The minimum Gasteiger partial charge on any atom is -0.379 e. The topological polar surface area (TPSA) is 18.5 Å². The van der Waals surface area contributed by atoms with Gasteiger partial charge in [0.2, 0.25) is 0 Å². The average Bonchev–Trinajstić information content (AvgIpc) is 1.98. The van der Waals surface area contributed by atoms with Gasteiger partial charge in [-0.1, -0.05) is 0 Å². The van der Waals surface area contributed by atoms with Crippen molar-refractivity contribution in [3.63, 3.8) is 0 Å². The quantitative estimate of drug-likeness (QED) is 0.597. The monoisotopic (exact) mass is 164 g/mol. The highest BCUT2D eigenvalue weighted by Gasteiger charge is 2.03. The Kier molecular flexibility index (Phi) is 7.58. The Bertz CT molecular complexity index is 68.6. The van der Waals surface area contributed by atoms with Crippen LogP contribution >= 0.6 is 12.6 Å². The highest BCUT2D eigenvalue weighted by molar-refractivity contribution is 7.80. The number of rotatable bonds is 6. The summed E-state index contributed by atoms with van der Waals surface area (Å²) in [7, 11) is 0. The number of hydrogen-bond acceptors (Lipinski definition) is 3. The lowest BCUT2D eigenvalue weighted by molar-refractivity contribution is 0.00493. The van der Waals surface area contributed by atoms with Crippen molar-refractivity contribution < 1.29 is 9.47 Å². The Morgan fingerprint density at radius 3 is 2.40 bits per heavy atom. The van der Waals surface area contributed by atoms with Gasteiger partial charge in [-0.3, -0.25) is 0 Å². The smallest absolute Gasteiger partial charge is 0.0895 e. The Morgan fingerprint density at radius 2 is 2.00 bits per heavy atom. The lowest BCUT2D eigenvalue weighted by Crippen LogP contribution is -2.21. The normalized spacial score (nSPS) is 13.5. The second-order valence-electron chi connectivity index (χ2n) is 1.92. The molecule has 0 amide bonds. The zero-order valence-corrected chi connectivity index (χ0v) is 7.56. The SMILES string of the molecule is CCOCC(CS)OCC. The molecule has 10 heavy (non-hydrogen) atoms. The van der Waals surface area contributed by atoms with E-state index in [0.29, 0.717) is 6.61 Å². The third kappa shape index (κ3) is 5.09. The molecule has 0 bridgehead atoms. The molecule has 0 aliphatic rings. The molecule has 0 saturated heterocycles. The van der Waals surface area contributed by atoms with E-state index in [2.05, 4.69) is 12.6 Å². The molecular formula is C7H16O2S. The first-order valence-electron chi connectivity index (χ1n) is 3.65. The molecule has 0 spiro atoms. The fourth-order valence-corrected chi connectivity index (χ4v) is 0.849. The lowest BCUT2D eigenvalue weighted by Gasteiger charge is -2.13. The standard InChI is InChI=1S/C7H16O2S/c1-3-8-5-7(6-10)9-4-2/h7,10H,3-6H2,1-2H3. The van der Waals surface area contributed by atoms with Crippen LogP contribution in [0.15, 0.2) is 0 Å². The van der Waals surface area contributed by atoms with Gasteiger partial charge in [-0.05, 0) is 13.8 Å². The third-order valence-corrected chi connectivity index (χ3v) is 1.52. The van der Waals surface area contributed by atoms with Crippen LogP contribution in [0.3, 0.4) is 0 Å². The summed E-state index contributed by atoms with van der Waals surface area (Å²) in [5.41, 5.74) is 0. The molecule has 0 aliphatic heterocycles. The molecule has 0 aromatic carbocycles. The maximum absolute atomic E-state index is 5.29. The molecule has 62 valence electrons. The van der Waals surface area contributed by atoms with Gasteiger partial charge in [-0.2, -0.15) is 12.6 Å². The highest BCUT2D eigenvalue weighted by atomic mass is 32.1. The fourth-order valence-electron chi connectivity index (χ4n) is 0.639. The first-order valence-corrected chi connectivity index (χ1v) is 4.28. The molecule has 0 rings (SSSR count). The minimum absolute atomic E-state index is 0.160. The van der Waals surface area contributed by atoms with E-state index in [-0.39, 0.29) is 6.10 Å². The van der Waals surface area contributed by atoms with Crippen LogP contribution in [0, 0.1) is 0 Å². The van der Waals surface area contributed by atoms with Crippen LogP contribution in [-0.2, 0) is 9.47 Å². The molecule has 3 heteroatoms. The van der Waals surface area contributed by atoms with E-state index in [1.807, 2.05) is 13.8 Å². The van der Waals surface area contributed by atoms with E-state index in [0.717, 1.165) is 19.0 Å². The van der Waals surface area contributed by atoms with E-state index in [1.165, 1.54) is 0 Å². The first-order chi connectivity index (χ1) is 4.85. The summed E-state index contributed by atoms with van der Waals surface area (Å²) in [5.74, 6) is 0.730. The predicted octanol–water partition coefficient (Wildman–Crippen LogP) is 1.36. The van der Waals surface area contributed by atoms with Crippen LogP contribution in [0.4, 0.5) is 0 Å². The van der Waals surface area contributed by atoms with E-state index in [4.69, 9.17) is 9.47 Å². The minimum atomic E-state index is 0.160. The van der Waals surface area contributed by atoms with Gasteiger partial charge in [0, 0.05) is 19.0 Å². The van der Waals surface area contributed by atoms with Crippen molar-refractivity contribution in [3.8, 4) is 0 Å². The second-order valence-corrected chi connectivity index (χ2v) is 2.28. The van der Waals surface area contributed by atoms with Gasteiger partial charge in [0.1, 0.15) is 0 Å². The van der Waals surface area contributed by atoms with Crippen molar-refractivity contribution in [1.29, 1.82) is 0 Å². The van der Waals surface area contributed by atoms with Crippen LogP contribution in [0.5, 0.6) is 0 Å². The van der Waals surface area contributed by atoms with Crippen LogP contribution in [0.2, 0.25) is 0 Å². The molecule has 0 aromatic heterocycles. The van der Waals surface area contributed by atoms with Crippen LogP contribution < -0.4 is 0 Å². The Hall–Kier alpha value is 0.270. The van der Waals surface area contributed by atoms with Crippen molar-refractivity contribution in [2.45, 2.75) is 20.0 Å². The van der Waals surface area contributed by atoms with Gasteiger partial charge in [0.15, 0.2) is 0 Å². The lowest BCUT2D eigenvalue weighted by atomic mass is 10.4. The molecule has 0 heterocycles. The summed E-state index contributed by atoms with van der Waals surface area (Å²) in [6.45, 7) is 6.09. The average molecular weight is 164 g/mol. The summed E-state index contributed by atoms with van der Waals surface area (Å²) in [4.78, 5) is 0. The Labute approximate surface area is 68.3 Å². The molecule has 0 radical (unpaired) electrons. The Morgan fingerprint density at radius 1 is 1.30 bits per heavy atom. The molecule has 2 nitrogen and oxygen atoms in total. The van der Waals surface area contributed by atoms with Gasteiger partial charge in [0.25, 0.3) is 0 Å². The molecule has 1 atom stereocenters. The largest absolute Gasteiger partial charge is 0.379 e. The summed E-state index contributed by atoms with van der Waals surface area (Å²) >= 11 is 4.12. The van der Waals surface area contributed by atoms with Crippen molar-refractivity contribution in [2.24, 2.45) is 0 Å². The van der Waals surface area contributed by atoms with Gasteiger partial charge < -0.3 is 9.47 Å². The first kappa shape index (κ1) is 10.3. The van der Waals surface area contributed by atoms with E-state index >= 15 is 0 Å². The molecule has 0 aliphatic carbocycles. The van der Waals surface area contributed by atoms with Crippen molar-refractivity contribution in [3.05, 3.63) is 0 Å². The molecular weight excluding hydrogens is 148 g/mol. The number of thiol groups is 1. The van der Waals surface area contributed by atoms with Crippen molar-refractivity contribution >= 4 is 12.6 Å². The molecule has 0 aromatic rings. The third-order valence-electron chi connectivity index (χ3n) is 1.11. The summed E-state index contributed by atoms with van der Waals surface area (Å²) in [6, 6.07) is 0. The van der Waals surface area contributed by atoms with Gasteiger partial charge in [-0.15, -0.1) is 0 Å². The van der Waals surface area contributed by atoms with Crippen LogP contribution in [0.1, 0.15) is 13.8 Å². The summed E-state index contributed by atoms with van der Waals surface area (Å²) in [5, 5.41) is 0. The number of hydrogen-bond donors (Lipinski definition) is 1.